The minimum atomic E-state index is -0.440. The van der Waals surface area contributed by atoms with Gasteiger partial charge in [-0.15, -0.1) is 10.2 Å². The van der Waals surface area contributed by atoms with Crippen molar-refractivity contribution in [2.24, 2.45) is 0 Å². The predicted octanol–water partition coefficient (Wildman–Crippen LogP) is 3.17. The van der Waals surface area contributed by atoms with E-state index in [0.717, 1.165) is 16.9 Å². The molecule has 0 radical (unpaired) electrons. The number of carbonyl (C=O) groups excluding carboxylic acids is 2. The van der Waals surface area contributed by atoms with Crippen LogP contribution in [0.2, 0.25) is 0 Å². The van der Waals surface area contributed by atoms with Gasteiger partial charge < -0.3 is 10.6 Å². The molecular formula is C18H15FN4O2S. The van der Waals surface area contributed by atoms with Crippen LogP contribution in [0.15, 0.2) is 48.5 Å². The van der Waals surface area contributed by atoms with Crippen molar-refractivity contribution in [2.75, 3.05) is 5.32 Å². The molecule has 0 bridgehead atoms. The number of halogens is 1. The van der Waals surface area contributed by atoms with Crippen LogP contribution < -0.4 is 10.6 Å². The highest BCUT2D eigenvalue weighted by Gasteiger charge is 2.14. The number of aryl methyl sites for hydroxylation is 1. The highest BCUT2D eigenvalue weighted by atomic mass is 32.1. The van der Waals surface area contributed by atoms with E-state index in [1.165, 1.54) is 24.3 Å². The molecule has 2 N–H and O–H groups in total. The Morgan fingerprint density at radius 2 is 1.69 bits per heavy atom. The number of nitrogens with zero attached hydrogens (tertiary/aromatic N) is 2. The molecule has 0 aliphatic heterocycles. The summed E-state index contributed by atoms with van der Waals surface area (Å²) < 4.78 is 12.9. The first-order chi connectivity index (χ1) is 12.5. The minimum absolute atomic E-state index is 0.161. The normalized spacial score (nSPS) is 10.4. The molecule has 26 heavy (non-hydrogen) atoms. The predicted molar refractivity (Wildman–Crippen MR) is 96.6 cm³/mol. The van der Waals surface area contributed by atoms with Gasteiger partial charge >= 0.3 is 0 Å². The third-order valence-electron chi connectivity index (χ3n) is 3.48. The van der Waals surface area contributed by atoms with Crippen LogP contribution in [0, 0.1) is 12.7 Å². The molecule has 0 aliphatic rings. The van der Waals surface area contributed by atoms with E-state index >= 15 is 0 Å². The third-order valence-corrected chi connectivity index (χ3v) is 4.40. The van der Waals surface area contributed by atoms with Crippen LogP contribution in [-0.2, 0) is 6.54 Å². The van der Waals surface area contributed by atoms with Crippen LogP contribution in [0.1, 0.15) is 30.7 Å². The van der Waals surface area contributed by atoms with E-state index < -0.39 is 5.91 Å². The summed E-state index contributed by atoms with van der Waals surface area (Å²) in [5.74, 6) is -1.05. The molecule has 0 fully saturated rings. The lowest BCUT2D eigenvalue weighted by molar-refractivity contribution is 0.0950. The van der Waals surface area contributed by atoms with Gasteiger partial charge in [-0.05, 0) is 43.3 Å². The smallest absolute Gasteiger partial charge is 0.286 e. The molecule has 1 heterocycles. The van der Waals surface area contributed by atoms with Crippen LogP contribution in [0.25, 0.3) is 0 Å². The second-order valence-corrected chi connectivity index (χ2v) is 6.57. The lowest BCUT2D eigenvalue weighted by Gasteiger charge is -2.03. The standard InChI is InChI=1S/C18H15FN4O2S/c1-11-2-4-12(5-3-11)16(24)20-10-15-22-23-18(26-15)17(25)21-14-8-6-13(19)7-9-14/h2-9H,10H2,1H3,(H,20,24)(H,21,25). The van der Waals surface area contributed by atoms with Crippen LogP contribution >= 0.6 is 11.3 Å². The van der Waals surface area contributed by atoms with Crippen molar-refractivity contribution in [1.82, 2.24) is 15.5 Å². The van der Waals surface area contributed by atoms with Crippen molar-refractivity contribution in [3.05, 3.63) is 75.5 Å². The Kier molecular flexibility index (Phi) is 5.33. The van der Waals surface area contributed by atoms with E-state index in [2.05, 4.69) is 20.8 Å². The Balaban J connectivity index is 1.57. The molecule has 3 aromatic rings. The number of anilines is 1. The fraction of sp³-hybridized carbons (Fsp3) is 0.111. The molecule has 6 nitrogen and oxygen atoms in total. The SMILES string of the molecule is Cc1ccc(C(=O)NCc2nnc(C(=O)Nc3ccc(F)cc3)s2)cc1. The van der Waals surface area contributed by atoms with Gasteiger partial charge in [-0.1, -0.05) is 29.0 Å². The Morgan fingerprint density at radius 1 is 1.00 bits per heavy atom. The van der Waals surface area contributed by atoms with E-state index in [4.69, 9.17) is 0 Å². The summed E-state index contributed by atoms with van der Waals surface area (Å²) in [4.78, 5) is 24.2. The number of amides is 2. The van der Waals surface area contributed by atoms with Gasteiger partial charge in [-0.3, -0.25) is 9.59 Å². The summed E-state index contributed by atoms with van der Waals surface area (Å²) in [6, 6.07) is 12.6. The Bertz CT molecular complexity index is 923. The molecule has 2 aromatic carbocycles. The zero-order valence-corrected chi connectivity index (χ0v) is 14.6. The van der Waals surface area contributed by atoms with Crippen LogP contribution in [-0.4, -0.2) is 22.0 Å². The monoisotopic (exact) mass is 370 g/mol. The van der Waals surface area contributed by atoms with Crippen molar-refractivity contribution in [3.63, 3.8) is 0 Å². The van der Waals surface area contributed by atoms with Gasteiger partial charge in [0.25, 0.3) is 11.8 Å². The van der Waals surface area contributed by atoms with Crippen molar-refractivity contribution < 1.29 is 14.0 Å². The largest absolute Gasteiger partial charge is 0.345 e. The fourth-order valence-electron chi connectivity index (χ4n) is 2.10. The van der Waals surface area contributed by atoms with Gasteiger partial charge in [0.2, 0.25) is 5.01 Å². The average Bonchev–Trinajstić information content (AvgIpc) is 3.11. The molecule has 0 aliphatic carbocycles. The summed E-state index contributed by atoms with van der Waals surface area (Å²) in [7, 11) is 0. The van der Waals surface area contributed by atoms with E-state index in [1.54, 1.807) is 12.1 Å². The second-order valence-electron chi connectivity index (χ2n) is 5.51. The summed E-state index contributed by atoms with van der Waals surface area (Å²) in [5, 5.41) is 13.7. The zero-order chi connectivity index (χ0) is 18.5. The molecule has 0 saturated carbocycles. The summed E-state index contributed by atoms with van der Waals surface area (Å²) >= 11 is 1.08. The van der Waals surface area contributed by atoms with Gasteiger partial charge in [0.15, 0.2) is 0 Å². The number of aromatic nitrogens is 2. The zero-order valence-electron chi connectivity index (χ0n) is 13.8. The Labute approximate surface area is 153 Å². The maximum atomic E-state index is 12.9. The molecule has 8 heteroatoms. The van der Waals surface area contributed by atoms with Gasteiger partial charge in [0.05, 0.1) is 6.54 Å². The number of hydrogen-bond donors (Lipinski definition) is 2. The van der Waals surface area contributed by atoms with Gasteiger partial charge in [-0.25, -0.2) is 4.39 Å². The van der Waals surface area contributed by atoms with Crippen molar-refractivity contribution in [1.29, 1.82) is 0 Å². The molecular weight excluding hydrogens is 355 g/mol. The van der Waals surface area contributed by atoms with Crippen LogP contribution in [0.3, 0.4) is 0 Å². The lowest BCUT2D eigenvalue weighted by atomic mass is 10.1. The lowest BCUT2D eigenvalue weighted by Crippen LogP contribution is -2.22. The number of nitrogens with one attached hydrogen (secondary N) is 2. The maximum Gasteiger partial charge on any atom is 0.286 e. The van der Waals surface area contributed by atoms with Crippen molar-refractivity contribution >= 4 is 28.8 Å². The molecule has 0 atom stereocenters. The molecule has 132 valence electrons. The van der Waals surface area contributed by atoms with Gasteiger partial charge in [-0.2, -0.15) is 0 Å². The van der Waals surface area contributed by atoms with E-state index in [1.807, 2.05) is 19.1 Å². The molecule has 0 saturated heterocycles. The Hall–Kier alpha value is -3.13. The first-order valence-corrected chi connectivity index (χ1v) is 8.57. The van der Waals surface area contributed by atoms with Gasteiger partial charge in [0.1, 0.15) is 10.8 Å². The first-order valence-electron chi connectivity index (χ1n) is 7.75. The number of hydrogen-bond acceptors (Lipinski definition) is 5. The van der Waals surface area contributed by atoms with Crippen LogP contribution in [0.4, 0.5) is 10.1 Å². The summed E-state index contributed by atoms with van der Waals surface area (Å²) in [5.41, 5.74) is 2.08. The van der Waals surface area contributed by atoms with E-state index in [9.17, 15) is 14.0 Å². The summed E-state index contributed by atoms with van der Waals surface area (Å²) in [6.07, 6.45) is 0. The minimum Gasteiger partial charge on any atom is -0.345 e. The second kappa shape index (κ2) is 7.83. The Morgan fingerprint density at radius 3 is 2.38 bits per heavy atom. The average molecular weight is 370 g/mol. The van der Waals surface area contributed by atoms with Crippen LogP contribution in [0.5, 0.6) is 0 Å². The third kappa shape index (κ3) is 4.48. The molecule has 1 aromatic heterocycles. The topological polar surface area (TPSA) is 84.0 Å². The first kappa shape index (κ1) is 17.7. The summed E-state index contributed by atoms with van der Waals surface area (Å²) in [6.45, 7) is 2.12. The quantitative estimate of drug-likeness (QED) is 0.723. The van der Waals surface area contributed by atoms with E-state index in [0.29, 0.717) is 16.3 Å². The maximum absolute atomic E-state index is 12.9. The number of benzene rings is 2. The number of rotatable bonds is 5. The fourth-order valence-corrected chi connectivity index (χ4v) is 2.77. The highest BCUT2D eigenvalue weighted by Crippen LogP contribution is 2.14. The van der Waals surface area contributed by atoms with Gasteiger partial charge in [0, 0.05) is 11.3 Å². The number of carbonyl (C=O) groups is 2. The highest BCUT2D eigenvalue weighted by molar-refractivity contribution is 7.13. The molecule has 0 spiro atoms. The van der Waals surface area contributed by atoms with Crippen molar-refractivity contribution in [2.45, 2.75) is 13.5 Å². The van der Waals surface area contributed by atoms with Crippen molar-refractivity contribution in [3.8, 4) is 0 Å². The molecule has 3 rings (SSSR count). The van der Waals surface area contributed by atoms with E-state index in [-0.39, 0.29) is 23.3 Å². The molecule has 2 amide bonds. The molecule has 0 unspecified atom stereocenters.